The van der Waals surface area contributed by atoms with Crippen LogP contribution in [0.15, 0.2) is 84.6 Å². The zero-order valence-corrected chi connectivity index (χ0v) is 16.9. The van der Waals surface area contributed by atoms with Gasteiger partial charge in [-0.3, -0.25) is 9.59 Å². The van der Waals surface area contributed by atoms with E-state index in [2.05, 4.69) is 5.32 Å². The van der Waals surface area contributed by atoms with Crippen molar-refractivity contribution in [3.63, 3.8) is 0 Å². The van der Waals surface area contributed by atoms with Gasteiger partial charge in [-0.1, -0.05) is 60.2 Å². The maximum Gasteiger partial charge on any atom is 0.282 e. The minimum absolute atomic E-state index is 0.251. The second-order valence-corrected chi connectivity index (χ2v) is 6.95. The SMILES string of the molecule is CCOc1ccccc1N1C(=O)C(Nc2ccccc2)=C(c2ccc(C)cc2)C1=O. The largest absolute Gasteiger partial charge is 0.492 e. The molecule has 1 N–H and O–H groups in total. The van der Waals surface area contributed by atoms with E-state index in [0.717, 1.165) is 11.3 Å². The highest BCUT2D eigenvalue weighted by Crippen LogP contribution is 2.37. The van der Waals surface area contributed by atoms with E-state index in [1.807, 2.05) is 74.5 Å². The molecule has 5 heteroatoms. The van der Waals surface area contributed by atoms with Gasteiger partial charge in [0.25, 0.3) is 11.8 Å². The first-order valence-electron chi connectivity index (χ1n) is 9.84. The van der Waals surface area contributed by atoms with Crippen LogP contribution in [-0.4, -0.2) is 18.4 Å². The molecule has 5 nitrogen and oxygen atoms in total. The Hall–Kier alpha value is -3.86. The molecule has 0 aliphatic carbocycles. The molecular formula is C25H22N2O3. The normalized spacial score (nSPS) is 13.7. The number of rotatable bonds is 6. The average Bonchev–Trinajstić information content (AvgIpc) is 3.00. The maximum atomic E-state index is 13.5. The minimum Gasteiger partial charge on any atom is -0.492 e. The number of hydrogen-bond acceptors (Lipinski definition) is 4. The summed E-state index contributed by atoms with van der Waals surface area (Å²) in [4.78, 5) is 28.2. The van der Waals surface area contributed by atoms with Gasteiger partial charge in [0.2, 0.25) is 0 Å². The third-order valence-electron chi connectivity index (χ3n) is 4.87. The summed E-state index contributed by atoms with van der Waals surface area (Å²) in [5.74, 6) is -0.299. The van der Waals surface area contributed by atoms with E-state index in [1.54, 1.807) is 18.2 Å². The van der Waals surface area contributed by atoms with Crippen molar-refractivity contribution in [1.82, 2.24) is 0 Å². The van der Waals surface area contributed by atoms with Gasteiger partial charge < -0.3 is 10.1 Å². The quantitative estimate of drug-likeness (QED) is 0.607. The van der Waals surface area contributed by atoms with E-state index in [1.165, 1.54) is 4.90 Å². The summed E-state index contributed by atoms with van der Waals surface area (Å²) in [7, 11) is 0. The Bertz CT molecular complexity index is 1120. The standard InChI is InChI=1S/C25H22N2O3/c1-3-30-21-12-8-7-11-20(21)27-24(28)22(18-15-13-17(2)14-16-18)23(25(27)29)26-19-9-5-4-6-10-19/h4-16,26H,3H2,1-2H3. The number of para-hydroxylation sites is 3. The highest BCUT2D eigenvalue weighted by atomic mass is 16.5. The molecule has 1 heterocycles. The van der Waals surface area contributed by atoms with Crippen LogP contribution in [0, 0.1) is 6.92 Å². The van der Waals surface area contributed by atoms with E-state index in [9.17, 15) is 9.59 Å². The number of hydrogen-bond donors (Lipinski definition) is 1. The Morgan fingerprint density at radius 1 is 0.833 bits per heavy atom. The monoisotopic (exact) mass is 398 g/mol. The zero-order chi connectivity index (χ0) is 21.1. The molecule has 4 rings (SSSR count). The first-order chi connectivity index (χ1) is 14.6. The van der Waals surface area contributed by atoms with Crippen LogP contribution >= 0.6 is 0 Å². The van der Waals surface area contributed by atoms with Crippen molar-refractivity contribution in [2.24, 2.45) is 0 Å². The lowest BCUT2D eigenvalue weighted by atomic mass is 10.0. The highest BCUT2D eigenvalue weighted by Gasteiger charge is 2.41. The molecule has 0 spiro atoms. The number of benzene rings is 3. The molecular weight excluding hydrogens is 376 g/mol. The van der Waals surface area contributed by atoms with Crippen LogP contribution in [0.1, 0.15) is 18.1 Å². The lowest BCUT2D eigenvalue weighted by Crippen LogP contribution is -2.32. The summed E-state index contributed by atoms with van der Waals surface area (Å²) in [6, 6.07) is 24.0. The number of ether oxygens (including phenoxy) is 1. The zero-order valence-electron chi connectivity index (χ0n) is 16.9. The Kier molecular flexibility index (Phi) is 5.35. The van der Waals surface area contributed by atoms with Crippen LogP contribution in [0.3, 0.4) is 0 Å². The molecule has 30 heavy (non-hydrogen) atoms. The number of anilines is 2. The van der Waals surface area contributed by atoms with Gasteiger partial charge in [0.15, 0.2) is 0 Å². The Morgan fingerprint density at radius 3 is 2.20 bits per heavy atom. The predicted octanol–water partition coefficient (Wildman–Crippen LogP) is 4.79. The Balaban J connectivity index is 1.83. The van der Waals surface area contributed by atoms with Crippen molar-refractivity contribution in [2.45, 2.75) is 13.8 Å². The fraction of sp³-hybridized carbons (Fsp3) is 0.120. The number of amides is 2. The molecule has 3 aromatic carbocycles. The van der Waals surface area contributed by atoms with Crippen LogP contribution in [0.4, 0.5) is 11.4 Å². The van der Waals surface area contributed by atoms with Crippen molar-refractivity contribution in [2.75, 3.05) is 16.8 Å². The molecule has 150 valence electrons. The van der Waals surface area contributed by atoms with Crippen molar-refractivity contribution in [3.05, 3.63) is 95.7 Å². The molecule has 0 aromatic heterocycles. The summed E-state index contributed by atoms with van der Waals surface area (Å²) in [6.07, 6.45) is 0. The lowest BCUT2D eigenvalue weighted by molar-refractivity contribution is -0.120. The number of nitrogens with zero attached hydrogens (tertiary/aromatic N) is 1. The summed E-state index contributed by atoms with van der Waals surface area (Å²) in [5.41, 5.74) is 3.53. The Morgan fingerprint density at radius 2 is 1.50 bits per heavy atom. The summed E-state index contributed by atoms with van der Waals surface area (Å²) in [6.45, 7) is 4.27. The van der Waals surface area contributed by atoms with Gasteiger partial charge in [-0.2, -0.15) is 0 Å². The van der Waals surface area contributed by atoms with Gasteiger partial charge in [-0.05, 0) is 43.7 Å². The number of carbonyl (C=O) groups is 2. The molecule has 0 bridgehead atoms. The molecule has 0 radical (unpaired) electrons. The van der Waals surface area contributed by atoms with Crippen molar-refractivity contribution in [1.29, 1.82) is 0 Å². The van der Waals surface area contributed by atoms with Gasteiger partial charge in [-0.15, -0.1) is 0 Å². The molecule has 0 fully saturated rings. The molecule has 1 aliphatic rings. The summed E-state index contributed by atoms with van der Waals surface area (Å²) >= 11 is 0. The van der Waals surface area contributed by atoms with E-state index in [0.29, 0.717) is 29.2 Å². The fourth-order valence-electron chi connectivity index (χ4n) is 3.44. The second-order valence-electron chi connectivity index (χ2n) is 6.95. The molecule has 0 unspecified atom stereocenters. The molecule has 3 aromatic rings. The highest BCUT2D eigenvalue weighted by molar-refractivity contribution is 6.46. The minimum atomic E-state index is -0.411. The first-order valence-corrected chi connectivity index (χ1v) is 9.84. The van der Waals surface area contributed by atoms with E-state index < -0.39 is 5.91 Å². The van der Waals surface area contributed by atoms with Gasteiger partial charge in [0, 0.05) is 5.69 Å². The lowest BCUT2D eigenvalue weighted by Gasteiger charge is -2.19. The van der Waals surface area contributed by atoms with E-state index >= 15 is 0 Å². The van der Waals surface area contributed by atoms with Gasteiger partial charge in [0.1, 0.15) is 11.4 Å². The van der Waals surface area contributed by atoms with Crippen molar-refractivity contribution < 1.29 is 14.3 Å². The smallest absolute Gasteiger partial charge is 0.282 e. The number of imide groups is 1. The molecule has 1 aliphatic heterocycles. The maximum absolute atomic E-state index is 13.5. The number of aryl methyl sites for hydroxylation is 1. The summed E-state index contributed by atoms with van der Waals surface area (Å²) in [5, 5.41) is 3.16. The second kappa shape index (κ2) is 8.25. The van der Waals surface area contributed by atoms with Crippen LogP contribution < -0.4 is 15.0 Å². The van der Waals surface area contributed by atoms with E-state index in [4.69, 9.17) is 4.74 Å². The van der Waals surface area contributed by atoms with Gasteiger partial charge in [-0.25, -0.2) is 4.90 Å². The fourth-order valence-corrected chi connectivity index (χ4v) is 3.44. The summed E-state index contributed by atoms with van der Waals surface area (Å²) < 4.78 is 5.67. The topological polar surface area (TPSA) is 58.6 Å². The number of nitrogens with one attached hydrogen (secondary N) is 1. The predicted molar refractivity (Wildman–Crippen MR) is 118 cm³/mol. The van der Waals surface area contributed by atoms with Crippen LogP contribution in [0.25, 0.3) is 5.57 Å². The molecule has 0 saturated carbocycles. The third-order valence-corrected chi connectivity index (χ3v) is 4.87. The van der Waals surface area contributed by atoms with Crippen molar-refractivity contribution >= 4 is 28.8 Å². The van der Waals surface area contributed by atoms with Crippen molar-refractivity contribution in [3.8, 4) is 5.75 Å². The molecule has 0 atom stereocenters. The van der Waals surface area contributed by atoms with Crippen LogP contribution in [0.2, 0.25) is 0 Å². The average molecular weight is 398 g/mol. The van der Waals surface area contributed by atoms with E-state index in [-0.39, 0.29) is 11.6 Å². The molecule has 0 saturated heterocycles. The first kappa shape index (κ1) is 19.5. The molecule has 2 amide bonds. The third kappa shape index (κ3) is 3.57. The van der Waals surface area contributed by atoms with Gasteiger partial charge in [0.05, 0.1) is 17.9 Å². The van der Waals surface area contributed by atoms with Crippen LogP contribution in [-0.2, 0) is 9.59 Å². The van der Waals surface area contributed by atoms with Gasteiger partial charge >= 0.3 is 0 Å². The van der Waals surface area contributed by atoms with Crippen LogP contribution in [0.5, 0.6) is 5.75 Å². The Labute approximate surface area is 175 Å². The number of carbonyl (C=O) groups excluding carboxylic acids is 2.